The van der Waals surface area contributed by atoms with Crippen LogP contribution in [0, 0.1) is 0 Å². The van der Waals surface area contributed by atoms with Crippen molar-refractivity contribution in [2.45, 2.75) is 18.9 Å². The van der Waals surface area contributed by atoms with Gasteiger partial charge in [-0.25, -0.2) is 0 Å². The molecular formula is C13H29N5O4. The number of carbonyl (C=O) groups is 2. The van der Waals surface area contributed by atoms with Crippen molar-refractivity contribution in [3.63, 3.8) is 0 Å². The number of nitrogens with two attached hydrogens (primary N) is 1. The van der Waals surface area contributed by atoms with E-state index in [4.69, 9.17) is 17.4 Å². The number of rotatable bonds is 4. The van der Waals surface area contributed by atoms with Gasteiger partial charge in [-0.3, -0.25) is 9.59 Å². The third-order valence-electron chi connectivity index (χ3n) is 2.84. The highest BCUT2D eigenvalue weighted by Gasteiger charge is 2.12. The van der Waals surface area contributed by atoms with Crippen LogP contribution in [-0.4, -0.2) is 80.6 Å². The lowest BCUT2D eigenvalue weighted by molar-refractivity contribution is -0.139. The van der Waals surface area contributed by atoms with Crippen molar-refractivity contribution in [1.29, 1.82) is 0 Å². The molecule has 0 aromatic rings. The van der Waals surface area contributed by atoms with Gasteiger partial charge in [0.1, 0.15) is 7.45 Å². The van der Waals surface area contributed by atoms with Crippen LogP contribution in [-0.2, 0) is 9.59 Å². The van der Waals surface area contributed by atoms with Gasteiger partial charge in [-0.2, -0.15) is 0 Å². The van der Waals surface area contributed by atoms with Gasteiger partial charge in [0.25, 0.3) is 0 Å². The minimum absolute atomic E-state index is 0.0231. The van der Waals surface area contributed by atoms with E-state index in [1.54, 1.807) is 5.31 Å². The molecule has 22 heavy (non-hydrogen) atoms. The zero-order chi connectivity index (χ0) is 17.5. The van der Waals surface area contributed by atoms with Gasteiger partial charge in [0, 0.05) is 58.8 Å². The average Bonchev–Trinajstić information content (AvgIpc) is 2.48. The van der Waals surface area contributed by atoms with Crippen molar-refractivity contribution >= 4 is 11.9 Å². The van der Waals surface area contributed by atoms with Gasteiger partial charge in [0.2, 0.25) is 0 Å². The second-order valence-electron chi connectivity index (χ2n) is 4.80. The molecule has 9 heteroatoms. The van der Waals surface area contributed by atoms with E-state index in [0.717, 1.165) is 52.4 Å². The molecule has 0 bridgehead atoms. The summed E-state index contributed by atoms with van der Waals surface area (Å²) >= 11 is 0. The Bertz CT molecular complexity index is 323. The molecular weight excluding hydrogens is 290 g/mol. The van der Waals surface area contributed by atoms with Crippen LogP contribution in [0.4, 0.5) is 0 Å². The minimum Gasteiger partial charge on any atom is -0.481 e. The van der Waals surface area contributed by atoms with E-state index in [-0.39, 0.29) is 12.8 Å². The minimum atomic E-state index is -1.17. The molecule has 0 saturated carbocycles. The summed E-state index contributed by atoms with van der Waals surface area (Å²) in [5.74, 6) is -2.20. The number of hydrogen-bond acceptors (Lipinski definition) is 7. The van der Waals surface area contributed by atoms with Crippen LogP contribution < -0.4 is 27.0 Å². The Morgan fingerprint density at radius 3 is 1.73 bits per heavy atom. The Morgan fingerprint density at radius 2 is 1.36 bits per heavy atom. The molecule has 130 valence electrons. The quantitative estimate of drug-likeness (QED) is 0.301. The maximum Gasteiger partial charge on any atom is 0.320 e. The molecule has 0 aromatic carbocycles. The fraction of sp³-hybridized carbons (Fsp3) is 0.846. The Balaban J connectivity index is 0.000000438. The molecule has 8 N–H and O–H groups in total. The lowest BCUT2D eigenvalue weighted by atomic mass is 10.2. The topological polar surface area (TPSA) is 149 Å². The summed E-state index contributed by atoms with van der Waals surface area (Å²) in [7, 11) is 0. The maximum absolute atomic E-state index is 9.99. The third kappa shape index (κ3) is 15.1. The number of aliphatic carboxylic acids is 2. The van der Waals surface area contributed by atoms with Crippen molar-refractivity contribution < 1.29 is 21.2 Å². The summed E-state index contributed by atoms with van der Waals surface area (Å²) in [5.41, 5.74) is 5.00. The van der Waals surface area contributed by atoms with E-state index in [1.165, 1.54) is 0 Å². The van der Waals surface area contributed by atoms with Crippen molar-refractivity contribution in [2.75, 3.05) is 52.4 Å². The van der Waals surface area contributed by atoms with Gasteiger partial charge in [0.15, 0.2) is 0 Å². The summed E-state index contributed by atoms with van der Waals surface area (Å²) in [6.45, 7) is 7.45. The van der Waals surface area contributed by atoms with Crippen molar-refractivity contribution in [3.05, 3.63) is 0 Å². The van der Waals surface area contributed by atoms with E-state index < -0.39 is 18.0 Å². The zero-order valence-corrected chi connectivity index (χ0v) is 12.9. The Morgan fingerprint density at radius 1 is 0.955 bits per heavy atom. The van der Waals surface area contributed by atoms with Crippen LogP contribution >= 0.6 is 0 Å². The third-order valence-corrected chi connectivity index (χ3v) is 2.84. The van der Waals surface area contributed by atoms with E-state index in [0.29, 0.717) is 0 Å². The predicted molar refractivity (Wildman–Crippen MR) is 84.0 cm³/mol. The Labute approximate surface area is 132 Å². The fourth-order valence-corrected chi connectivity index (χ4v) is 1.56. The summed E-state index contributed by atoms with van der Waals surface area (Å²) in [6, 6.07) is -1.06. The van der Waals surface area contributed by atoms with E-state index in [1.807, 2.05) is 0 Å². The van der Waals surface area contributed by atoms with Gasteiger partial charge in [0.05, 0.1) is 0 Å². The zero-order valence-electron chi connectivity index (χ0n) is 13.9. The highest BCUT2D eigenvalue weighted by Crippen LogP contribution is 1.93. The molecule has 1 rings (SSSR count). The van der Waals surface area contributed by atoms with Crippen molar-refractivity contribution in [1.82, 2.24) is 21.3 Å². The van der Waals surface area contributed by atoms with Crippen molar-refractivity contribution in [3.8, 4) is 0 Å². The van der Waals surface area contributed by atoms with Gasteiger partial charge in [-0.1, -0.05) is 0 Å². The second kappa shape index (κ2) is 14.7. The highest BCUT2D eigenvalue weighted by molar-refractivity contribution is 5.74. The number of carboxylic acid groups (broad SMARTS) is 2. The van der Waals surface area contributed by atoms with Crippen LogP contribution in [0.2, 0.25) is 1.41 Å². The van der Waals surface area contributed by atoms with Gasteiger partial charge < -0.3 is 37.2 Å². The van der Waals surface area contributed by atoms with Gasteiger partial charge in [-0.15, -0.1) is 0 Å². The van der Waals surface area contributed by atoms with Crippen LogP contribution in [0.25, 0.3) is 0 Å². The molecule has 0 amide bonds. The first-order chi connectivity index (χ1) is 10.9. The first kappa shape index (κ1) is 18.8. The molecule has 0 radical (unpaired) electrons. The average molecular weight is 320 g/mol. The SMILES string of the molecule is N[C@@H](CCC(=O)O)C(=O)O.[2H]N1CCNCCNCCNCC1. The van der Waals surface area contributed by atoms with Crippen LogP contribution in [0.1, 0.15) is 12.8 Å². The molecule has 0 aromatic heterocycles. The molecule has 1 atom stereocenters. The standard InChI is InChI=1S/C8H20N4.C5H9NO4/c1-2-10-5-6-12-8-7-11-4-3-9-1;6-3(5(9)10)1-2-4(7)8/h9-12H,1-8H2;3H,1-2,6H2,(H,7,8)(H,9,10)/t;3-/m.0/s1/i/hD. The van der Waals surface area contributed by atoms with Gasteiger partial charge in [-0.05, 0) is 6.42 Å². The van der Waals surface area contributed by atoms with Crippen LogP contribution in [0.15, 0.2) is 0 Å². The van der Waals surface area contributed by atoms with Gasteiger partial charge >= 0.3 is 11.9 Å². The summed E-state index contributed by atoms with van der Waals surface area (Å²) < 4.78 is 7.54. The Hall–Kier alpha value is -1.26. The molecule has 0 aliphatic carbocycles. The molecule has 1 heterocycles. The highest BCUT2D eigenvalue weighted by atomic mass is 16.4. The van der Waals surface area contributed by atoms with E-state index in [9.17, 15) is 9.59 Å². The van der Waals surface area contributed by atoms with E-state index in [2.05, 4.69) is 16.0 Å². The molecule has 1 aliphatic heterocycles. The fourth-order valence-electron chi connectivity index (χ4n) is 1.56. The number of nitrogens with one attached hydrogen (secondary N) is 4. The number of hydrogen-bond donors (Lipinski definition) is 7. The first-order valence-electron chi connectivity index (χ1n) is 7.94. The predicted octanol–water partition coefficient (Wildman–Crippen LogP) is -2.38. The van der Waals surface area contributed by atoms with Crippen molar-refractivity contribution in [2.24, 2.45) is 5.73 Å². The summed E-state index contributed by atoms with van der Waals surface area (Å²) in [5, 5.41) is 27.8. The first-order valence-corrected chi connectivity index (χ1v) is 7.49. The summed E-state index contributed by atoms with van der Waals surface area (Å²) in [4.78, 5) is 19.9. The lowest BCUT2D eigenvalue weighted by Crippen LogP contribution is -2.39. The molecule has 1 saturated heterocycles. The molecule has 1 aliphatic rings. The monoisotopic (exact) mass is 320 g/mol. The number of carboxylic acids is 2. The molecule has 0 unspecified atom stereocenters. The summed E-state index contributed by atoms with van der Waals surface area (Å²) in [6.07, 6.45) is -0.224. The van der Waals surface area contributed by atoms with E-state index >= 15 is 0 Å². The largest absolute Gasteiger partial charge is 0.481 e. The molecule has 1 fully saturated rings. The second-order valence-corrected chi connectivity index (χ2v) is 4.80. The Kier molecular flexibility index (Phi) is 12.5. The molecule has 9 nitrogen and oxygen atoms in total. The normalized spacial score (nSPS) is 20.3. The molecule has 0 spiro atoms. The lowest BCUT2D eigenvalue weighted by Gasteiger charge is -2.11. The van der Waals surface area contributed by atoms with Crippen LogP contribution in [0.3, 0.4) is 0 Å². The maximum atomic E-state index is 9.99. The van der Waals surface area contributed by atoms with Crippen LogP contribution in [0.5, 0.6) is 0 Å². The smallest absolute Gasteiger partial charge is 0.320 e.